The van der Waals surface area contributed by atoms with Gasteiger partial charge in [0, 0.05) is 50.7 Å². The van der Waals surface area contributed by atoms with E-state index in [1.807, 2.05) is 6.07 Å². The van der Waals surface area contributed by atoms with E-state index in [0.717, 1.165) is 57.2 Å². The van der Waals surface area contributed by atoms with Crippen molar-refractivity contribution in [3.8, 4) is 6.07 Å². The standard InChI is InChI=1S/C23H33FN4O/c24-20-4-3-5-22(18-20)28-16-14-27(15-17-28)13-11-19-7-9-21(10-8-19)26-23(29)6-1-2-12-25/h3-5,18-19,21H,1-2,6-11,13-17H2,(H,26,29)/t19-,21-. The van der Waals surface area contributed by atoms with Crippen LogP contribution in [0.5, 0.6) is 0 Å². The summed E-state index contributed by atoms with van der Waals surface area (Å²) in [5, 5.41) is 11.7. The van der Waals surface area contributed by atoms with Crippen LogP contribution in [0.1, 0.15) is 51.4 Å². The van der Waals surface area contributed by atoms with E-state index < -0.39 is 0 Å². The average Bonchev–Trinajstić information content (AvgIpc) is 2.74. The second-order valence-corrected chi connectivity index (χ2v) is 8.39. The molecule has 1 saturated heterocycles. The molecule has 1 aromatic rings. The number of nitrogens with zero attached hydrogens (tertiary/aromatic N) is 3. The quantitative estimate of drug-likeness (QED) is 0.676. The maximum absolute atomic E-state index is 13.4. The minimum absolute atomic E-state index is 0.0971. The van der Waals surface area contributed by atoms with E-state index in [4.69, 9.17) is 5.26 Å². The van der Waals surface area contributed by atoms with E-state index in [1.165, 1.54) is 25.3 Å². The van der Waals surface area contributed by atoms with Gasteiger partial charge in [-0.15, -0.1) is 0 Å². The zero-order chi connectivity index (χ0) is 20.5. The first kappa shape index (κ1) is 21.6. The molecular formula is C23H33FN4O. The van der Waals surface area contributed by atoms with Crippen LogP contribution in [-0.2, 0) is 4.79 Å². The number of carbonyl (C=O) groups is 1. The van der Waals surface area contributed by atoms with Crippen LogP contribution < -0.4 is 10.2 Å². The first-order valence-corrected chi connectivity index (χ1v) is 11.0. The molecule has 0 bridgehead atoms. The molecule has 2 aliphatic rings. The zero-order valence-electron chi connectivity index (χ0n) is 17.3. The van der Waals surface area contributed by atoms with Gasteiger partial charge in [0.15, 0.2) is 0 Å². The molecule has 0 aromatic heterocycles. The van der Waals surface area contributed by atoms with Crippen LogP contribution in [0.4, 0.5) is 10.1 Å². The Kier molecular flexibility index (Phi) is 8.30. The van der Waals surface area contributed by atoms with Crippen molar-refractivity contribution in [1.82, 2.24) is 10.2 Å². The highest BCUT2D eigenvalue weighted by atomic mass is 19.1. The van der Waals surface area contributed by atoms with E-state index >= 15 is 0 Å². The number of nitriles is 1. The molecule has 1 saturated carbocycles. The fourth-order valence-electron chi connectivity index (χ4n) is 4.49. The molecule has 0 spiro atoms. The first-order valence-electron chi connectivity index (χ1n) is 11.0. The van der Waals surface area contributed by atoms with Gasteiger partial charge in [-0.25, -0.2) is 4.39 Å². The van der Waals surface area contributed by atoms with Gasteiger partial charge in [-0.2, -0.15) is 5.26 Å². The predicted octanol–water partition coefficient (Wildman–Crippen LogP) is 3.71. The molecule has 6 heteroatoms. The Morgan fingerprint density at radius 3 is 2.62 bits per heavy atom. The van der Waals surface area contributed by atoms with Crippen molar-refractivity contribution in [3.05, 3.63) is 30.1 Å². The number of rotatable bonds is 8. The second kappa shape index (κ2) is 11.2. The predicted molar refractivity (Wildman–Crippen MR) is 113 cm³/mol. The van der Waals surface area contributed by atoms with Gasteiger partial charge in [0.25, 0.3) is 0 Å². The Balaban J connectivity index is 1.29. The fraction of sp³-hybridized carbons (Fsp3) is 0.652. The topological polar surface area (TPSA) is 59.4 Å². The minimum atomic E-state index is -0.168. The molecule has 1 amide bonds. The van der Waals surface area contributed by atoms with Crippen molar-refractivity contribution in [3.63, 3.8) is 0 Å². The molecule has 2 fully saturated rings. The van der Waals surface area contributed by atoms with Gasteiger partial charge in [0.05, 0.1) is 6.07 Å². The molecule has 1 heterocycles. The molecule has 0 unspecified atom stereocenters. The molecule has 1 aromatic carbocycles. The number of piperazine rings is 1. The fourth-order valence-corrected chi connectivity index (χ4v) is 4.49. The first-order chi connectivity index (χ1) is 14.1. The van der Waals surface area contributed by atoms with Crippen LogP contribution >= 0.6 is 0 Å². The monoisotopic (exact) mass is 400 g/mol. The van der Waals surface area contributed by atoms with Crippen LogP contribution in [0.3, 0.4) is 0 Å². The van der Waals surface area contributed by atoms with E-state index in [2.05, 4.69) is 21.2 Å². The summed E-state index contributed by atoms with van der Waals surface area (Å²) in [5.41, 5.74) is 0.984. The highest BCUT2D eigenvalue weighted by molar-refractivity contribution is 5.76. The number of amides is 1. The van der Waals surface area contributed by atoms with Crippen molar-refractivity contribution in [1.29, 1.82) is 5.26 Å². The van der Waals surface area contributed by atoms with E-state index in [1.54, 1.807) is 12.1 Å². The summed E-state index contributed by atoms with van der Waals surface area (Å²) >= 11 is 0. The SMILES string of the molecule is N#CCCCC(=O)N[C@H]1CC[C@H](CCN2CCN(c3cccc(F)c3)CC2)CC1. The molecule has 158 valence electrons. The van der Waals surface area contributed by atoms with Crippen molar-refractivity contribution in [2.75, 3.05) is 37.6 Å². The molecule has 0 radical (unpaired) electrons. The third-order valence-electron chi connectivity index (χ3n) is 6.30. The smallest absolute Gasteiger partial charge is 0.220 e. The number of benzene rings is 1. The Morgan fingerprint density at radius 1 is 1.17 bits per heavy atom. The second-order valence-electron chi connectivity index (χ2n) is 8.39. The third kappa shape index (κ3) is 7.01. The zero-order valence-corrected chi connectivity index (χ0v) is 17.3. The summed E-state index contributed by atoms with van der Waals surface area (Å²) in [6, 6.07) is 9.28. The van der Waals surface area contributed by atoms with E-state index in [0.29, 0.717) is 25.3 Å². The highest BCUT2D eigenvalue weighted by Crippen LogP contribution is 2.27. The Bertz CT molecular complexity index is 688. The summed E-state index contributed by atoms with van der Waals surface area (Å²) in [6.07, 6.45) is 7.32. The molecule has 0 atom stereocenters. The third-order valence-corrected chi connectivity index (χ3v) is 6.30. The van der Waals surface area contributed by atoms with Gasteiger partial charge in [-0.3, -0.25) is 9.69 Å². The summed E-state index contributed by atoms with van der Waals surface area (Å²) in [4.78, 5) is 16.7. The maximum Gasteiger partial charge on any atom is 0.220 e. The van der Waals surface area contributed by atoms with E-state index in [9.17, 15) is 9.18 Å². The number of halogens is 1. The van der Waals surface area contributed by atoms with Crippen molar-refractivity contribution in [2.24, 2.45) is 5.92 Å². The van der Waals surface area contributed by atoms with Crippen molar-refractivity contribution >= 4 is 11.6 Å². The largest absolute Gasteiger partial charge is 0.369 e. The van der Waals surface area contributed by atoms with Crippen LogP contribution in [-0.4, -0.2) is 49.6 Å². The minimum Gasteiger partial charge on any atom is -0.369 e. The van der Waals surface area contributed by atoms with Crippen molar-refractivity contribution in [2.45, 2.75) is 57.4 Å². The van der Waals surface area contributed by atoms with E-state index in [-0.39, 0.29) is 11.7 Å². The lowest BCUT2D eigenvalue weighted by Crippen LogP contribution is -2.47. The molecule has 1 aliphatic heterocycles. The normalized spacial score (nSPS) is 22.8. The molecule has 1 N–H and O–H groups in total. The van der Waals surface area contributed by atoms with Crippen molar-refractivity contribution < 1.29 is 9.18 Å². The average molecular weight is 401 g/mol. The molecular weight excluding hydrogens is 367 g/mol. The Labute approximate surface area is 173 Å². The summed E-state index contributed by atoms with van der Waals surface area (Å²) in [5.74, 6) is 0.682. The number of nitrogens with one attached hydrogen (secondary N) is 1. The lowest BCUT2D eigenvalue weighted by Gasteiger charge is -2.37. The van der Waals surface area contributed by atoms with Gasteiger partial charge in [-0.1, -0.05) is 6.07 Å². The molecule has 29 heavy (non-hydrogen) atoms. The number of hydrogen-bond acceptors (Lipinski definition) is 4. The number of carbonyl (C=O) groups excluding carboxylic acids is 1. The Morgan fingerprint density at radius 2 is 1.93 bits per heavy atom. The van der Waals surface area contributed by atoms with Gasteiger partial charge in [0.1, 0.15) is 5.82 Å². The lowest BCUT2D eigenvalue weighted by atomic mass is 9.84. The van der Waals surface area contributed by atoms with Gasteiger partial charge in [-0.05, 0) is 69.2 Å². The molecule has 5 nitrogen and oxygen atoms in total. The number of unbranched alkanes of at least 4 members (excludes halogenated alkanes) is 1. The summed E-state index contributed by atoms with van der Waals surface area (Å²) in [6.45, 7) is 5.10. The van der Waals surface area contributed by atoms with Gasteiger partial charge in [0.2, 0.25) is 5.91 Å². The maximum atomic E-state index is 13.4. The van der Waals surface area contributed by atoms with Crippen LogP contribution in [0.25, 0.3) is 0 Å². The van der Waals surface area contributed by atoms with Gasteiger partial charge >= 0.3 is 0 Å². The number of anilines is 1. The van der Waals surface area contributed by atoms with Crippen LogP contribution in [0.2, 0.25) is 0 Å². The number of hydrogen-bond donors (Lipinski definition) is 1. The van der Waals surface area contributed by atoms with Crippen LogP contribution in [0.15, 0.2) is 24.3 Å². The molecule has 1 aliphatic carbocycles. The van der Waals surface area contributed by atoms with Crippen LogP contribution in [0, 0.1) is 23.1 Å². The Hall–Kier alpha value is -2.13. The lowest BCUT2D eigenvalue weighted by molar-refractivity contribution is -0.122. The summed E-state index contributed by atoms with van der Waals surface area (Å²) < 4.78 is 13.4. The van der Waals surface area contributed by atoms with Gasteiger partial charge < -0.3 is 10.2 Å². The molecule has 3 rings (SSSR count). The summed E-state index contributed by atoms with van der Waals surface area (Å²) in [7, 11) is 0. The highest BCUT2D eigenvalue weighted by Gasteiger charge is 2.24.